The summed E-state index contributed by atoms with van der Waals surface area (Å²) in [5, 5.41) is 0. The minimum absolute atomic E-state index is 0.0306. The normalized spacial score (nSPS) is 26.9. The zero-order valence-electron chi connectivity index (χ0n) is 12.1. The van der Waals surface area contributed by atoms with Crippen LogP contribution in [-0.2, 0) is 4.74 Å². The third-order valence-electron chi connectivity index (χ3n) is 4.11. The van der Waals surface area contributed by atoms with Crippen LogP contribution in [-0.4, -0.2) is 17.1 Å². The van der Waals surface area contributed by atoms with Crippen molar-refractivity contribution in [1.82, 2.24) is 4.98 Å². The molecule has 1 aliphatic rings. The topological polar surface area (TPSA) is 48.1 Å². The van der Waals surface area contributed by atoms with Gasteiger partial charge in [0, 0.05) is 12.2 Å². The molecule has 1 saturated carbocycles. The molecule has 1 aromatic heterocycles. The molecule has 0 saturated heterocycles. The van der Waals surface area contributed by atoms with Gasteiger partial charge in [0.25, 0.3) is 0 Å². The highest BCUT2D eigenvalue weighted by molar-refractivity contribution is 5.09. The fourth-order valence-electron chi connectivity index (χ4n) is 2.95. The average Bonchev–Trinajstić information content (AvgIpc) is 2.45. The van der Waals surface area contributed by atoms with E-state index in [-0.39, 0.29) is 12.1 Å². The van der Waals surface area contributed by atoms with Gasteiger partial charge in [0.15, 0.2) is 0 Å². The average molecular weight is 262 g/mol. The first-order chi connectivity index (χ1) is 9.20. The number of rotatable bonds is 5. The Labute approximate surface area is 116 Å². The van der Waals surface area contributed by atoms with E-state index in [9.17, 15) is 0 Å². The van der Waals surface area contributed by atoms with Crippen LogP contribution in [0.2, 0.25) is 0 Å². The highest BCUT2D eigenvalue weighted by Crippen LogP contribution is 2.32. The van der Waals surface area contributed by atoms with Crippen LogP contribution in [0.3, 0.4) is 0 Å². The van der Waals surface area contributed by atoms with Gasteiger partial charge in [-0.1, -0.05) is 32.3 Å². The Morgan fingerprint density at radius 2 is 2.26 bits per heavy atom. The zero-order chi connectivity index (χ0) is 13.7. The van der Waals surface area contributed by atoms with Crippen LogP contribution in [0.4, 0.5) is 0 Å². The first-order valence-corrected chi connectivity index (χ1v) is 7.52. The van der Waals surface area contributed by atoms with E-state index >= 15 is 0 Å². The summed E-state index contributed by atoms with van der Waals surface area (Å²) >= 11 is 0. The van der Waals surface area contributed by atoms with Crippen molar-refractivity contribution in [3.63, 3.8) is 0 Å². The molecule has 3 heteroatoms. The van der Waals surface area contributed by atoms with Gasteiger partial charge < -0.3 is 10.5 Å². The molecular weight excluding hydrogens is 236 g/mol. The Morgan fingerprint density at radius 3 is 2.89 bits per heavy atom. The highest BCUT2D eigenvalue weighted by atomic mass is 16.5. The largest absolute Gasteiger partial charge is 0.367 e. The molecule has 0 bridgehead atoms. The van der Waals surface area contributed by atoms with Crippen LogP contribution >= 0.6 is 0 Å². The lowest BCUT2D eigenvalue weighted by Crippen LogP contribution is -2.33. The Bertz CT molecular complexity index is 366. The zero-order valence-corrected chi connectivity index (χ0v) is 12.1. The Hall–Kier alpha value is -0.930. The predicted molar refractivity (Wildman–Crippen MR) is 77.7 cm³/mol. The maximum Gasteiger partial charge on any atom is 0.115 e. The molecule has 2 N–H and O–H groups in total. The number of nitrogens with zero attached hydrogens (tertiary/aromatic N) is 1. The summed E-state index contributed by atoms with van der Waals surface area (Å²) in [7, 11) is 0. The second kappa shape index (κ2) is 7.01. The van der Waals surface area contributed by atoms with Crippen molar-refractivity contribution >= 4 is 0 Å². The monoisotopic (exact) mass is 262 g/mol. The van der Waals surface area contributed by atoms with Crippen molar-refractivity contribution in [2.75, 3.05) is 0 Å². The summed E-state index contributed by atoms with van der Waals surface area (Å²) in [6.07, 6.45) is 8.29. The SMILES string of the molecule is CCC1CCCC(OC(c2ccccn2)C(C)N)C1. The van der Waals surface area contributed by atoms with Gasteiger partial charge in [0.2, 0.25) is 0 Å². The van der Waals surface area contributed by atoms with Gasteiger partial charge >= 0.3 is 0 Å². The first-order valence-electron chi connectivity index (χ1n) is 7.52. The van der Waals surface area contributed by atoms with Gasteiger partial charge in [-0.15, -0.1) is 0 Å². The molecule has 2 rings (SSSR count). The van der Waals surface area contributed by atoms with Crippen molar-refractivity contribution in [3.8, 4) is 0 Å². The predicted octanol–water partition coefficient (Wildman–Crippen LogP) is 3.46. The molecule has 3 nitrogen and oxygen atoms in total. The summed E-state index contributed by atoms with van der Waals surface area (Å²) < 4.78 is 6.28. The van der Waals surface area contributed by atoms with E-state index in [0.717, 1.165) is 18.0 Å². The first kappa shape index (κ1) is 14.5. The molecule has 1 aliphatic carbocycles. The van der Waals surface area contributed by atoms with Crippen LogP contribution in [0, 0.1) is 5.92 Å². The van der Waals surface area contributed by atoms with Crippen molar-refractivity contribution in [2.45, 2.75) is 64.2 Å². The van der Waals surface area contributed by atoms with E-state index in [1.54, 1.807) is 0 Å². The molecule has 4 unspecified atom stereocenters. The third kappa shape index (κ3) is 4.02. The number of pyridine rings is 1. The molecule has 0 radical (unpaired) electrons. The molecule has 0 aromatic carbocycles. The molecule has 0 spiro atoms. The third-order valence-corrected chi connectivity index (χ3v) is 4.11. The minimum Gasteiger partial charge on any atom is -0.367 e. The number of nitrogens with two attached hydrogens (primary N) is 1. The van der Waals surface area contributed by atoms with Crippen LogP contribution in [0.1, 0.15) is 57.7 Å². The Morgan fingerprint density at radius 1 is 1.42 bits per heavy atom. The van der Waals surface area contributed by atoms with Gasteiger partial charge in [-0.25, -0.2) is 0 Å². The summed E-state index contributed by atoms with van der Waals surface area (Å²) in [5.74, 6) is 0.816. The molecular formula is C16H26N2O. The van der Waals surface area contributed by atoms with E-state index in [4.69, 9.17) is 10.5 Å². The van der Waals surface area contributed by atoms with Crippen LogP contribution in [0.15, 0.2) is 24.4 Å². The molecule has 1 aromatic rings. The second-order valence-corrected chi connectivity index (χ2v) is 5.73. The molecule has 1 fully saturated rings. The summed E-state index contributed by atoms with van der Waals surface area (Å²) in [6, 6.07) is 5.90. The lowest BCUT2D eigenvalue weighted by molar-refractivity contribution is -0.0526. The van der Waals surface area contributed by atoms with Gasteiger partial charge in [-0.3, -0.25) is 4.98 Å². The molecule has 1 heterocycles. The standard InChI is InChI=1S/C16H26N2O/c1-3-13-7-6-8-14(11-13)19-16(12(2)17)15-9-4-5-10-18-15/h4-5,9-10,12-14,16H,3,6-8,11,17H2,1-2H3. The quantitative estimate of drug-likeness (QED) is 0.884. The lowest BCUT2D eigenvalue weighted by atomic mass is 9.85. The molecule has 0 aliphatic heterocycles. The van der Waals surface area contributed by atoms with Crippen LogP contribution in [0.25, 0.3) is 0 Å². The van der Waals surface area contributed by atoms with Gasteiger partial charge in [0.05, 0.1) is 11.8 Å². The van der Waals surface area contributed by atoms with E-state index in [1.807, 2.05) is 31.3 Å². The fourth-order valence-corrected chi connectivity index (χ4v) is 2.95. The van der Waals surface area contributed by atoms with Crippen LogP contribution < -0.4 is 5.73 Å². The maximum absolute atomic E-state index is 6.28. The van der Waals surface area contributed by atoms with Crippen molar-refractivity contribution in [2.24, 2.45) is 11.7 Å². The van der Waals surface area contributed by atoms with E-state index < -0.39 is 0 Å². The molecule has 106 valence electrons. The summed E-state index contributed by atoms with van der Waals surface area (Å²) in [5.41, 5.74) is 7.04. The van der Waals surface area contributed by atoms with Gasteiger partial charge in [0.1, 0.15) is 6.10 Å². The maximum atomic E-state index is 6.28. The van der Waals surface area contributed by atoms with E-state index in [1.165, 1.54) is 25.7 Å². The Kier molecular flexibility index (Phi) is 5.34. The van der Waals surface area contributed by atoms with Crippen molar-refractivity contribution in [1.29, 1.82) is 0 Å². The molecule has 0 amide bonds. The Balaban J connectivity index is 2.01. The highest BCUT2D eigenvalue weighted by Gasteiger charge is 2.27. The number of hydrogen-bond donors (Lipinski definition) is 1. The van der Waals surface area contributed by atoms with Gasteiger partial charge in [-0.2, -0.15) is 0 Å². The number of aromatic nitrogens is 1. The van der Waals surface area contributed by atoms with Crippen LogP contribution in [0.5, 0.6) is 0 Å². The second-order valence-electron chi connectivity index (χ2n) is 5.73. The number of hydrogen-bond acceptors (Lipinski definition) is 3. The fraction of sp³-hybridized carbons (Fsp3) is 0.688. The van der Waals surface area contributed by atoms with Crippen molar-refractivity contribution < 1.29 is 4.74 Å². The molecule has 4 atom stereocenters. The van der Waals surface area contributed by atoms with E-state index in [0.29, 0.717) is 6.10 Å². The number of ether oxygens (including phenoxy) is 1. The van der Waals surface area contributed by atoms with Crippen molar-refractivity contribution in [3.05, 3.63) is 30.1 Å². The minimum atomic E-state index is -0.0817. The summed E-state index contributed by atoms with van der Waals surface area (Å²) in [6.45, 7) is 4.27. The molecule has 19 heavy (non-hydrogen) atoms. The van der Waals surface area contributed by atoms with Gasteiger partial charge in [-0.05, 0) is 37.8 Å². The smallest absolute Gasteiger partial charge is 0.115 e. The lowest BCUT2D eigenvalue weighted by Gasteiger charge is -2.32. The summed E-state index contributed by atoms with van der Waals surface area (Å²) in [4.78, 5) is 4.40. The van der Waals surface area contributed by atoms with E-state index in [2.05, 4.69) is 11.9 Å².